The van der Waals surface area contributed by atoms with Crippen LogP contribution in [0.5, 0.6) is 5.75 Å². The van der Waals surface area contributed by atoms with Gasteiger partial charge in [0, 0.05) is 44.0 Å². The number of rotatable bonds is 5. The van der Waals surface area contributed by atoms with Crippen molar-refractivity contribution in [3.05, 3.63) is 47.0 Å². The number of para-hydroxylation sites is 2. The molecule has 0 saturated carbocycles. The van der Waals surface area contributed by atoms with Crippen molar-refractivity contribution in [1.82, 2.24) is 24.5 Å². The van der Waals surface area contributed by atoms with Crippen LogP contribution in [0.3, 0.4) is 0 Å². The summed E-state index contributed by atoms with van der Waals surface area (Å²) in [5.74, 6) is -0.519. The van der Waals surface area contributed by atoms with Crippen LogP contribution in [0.2, 0.25) is 0 Å². The van der Waals surface area contributed by atoms with Gasteiger partial charge in [0.2, 0.25) is 5.91 Å². The summed E-state index contributed by atoms with van der Waals surface area (Å²) in [7, 11) is 1.64. The second-order valence-electron chi connectivity index (χ2n) is 7.95. The molecular formula is C22H25F3N6O2. The van der Waals surface area contributed by atoms with Gasteiger partial charge in [0.25, 0.3) is 11.6 Å². The predicted molar refractivity (Wildman–Crippen MR) is 115 cm³/mol. The van der Waals surface area contributed by atoms with Crippen LogP contribution in [0.1, 0.15) is 29.2 Å². The highest BCUT2D eigenvalue weighted by Gasteiger charge is 2.37. The lowest BCUT2D eigenvalue weighted by Gasteiger charge is -2.36. The summed E-state index contributed by atoms with van der Waals surface area (Å²) in [6, 6.07) is 7.79. The number of alkyl halides is 3. The van der Waals surface area contributed by atoms with Crippen LogP contribution in [-0.4, -0.2) is 63.7 Å². The molecule has 1 fully saturated rings. The lowest BCUT2D eigenvalue weighted by molar-refractivity contribution is -0.144. The Bertz CT molecular complexity index is 1170. The molecule has 1 aromatic carbocycles. The maximum absolute atomic E-state index is 13.0. The molecule has 0 radical (unpaired) electrons. The van der Waals surface area contributed by atoms with Gasteiger partial charge in [-0.15, -0.1) is 5.10 Å². The topological polar surface area (TPSA) is 75.9 Å². The Hall–Kier alpha value is -3.37. The van der Waals surface area contributed by atoms with Gasteiger partial charge in [0.15, 0.2) is 0 Å². The van der Waals surface area contributed by atoms with Crippen LogP contribution >= 0.6 is 0 Å². The van der Waals surface area contributed by atoms with E-state index >= 15 is 0 Å². The molecule has 4 rings (SSSR count). The summed E-state index contributed by atoms with van der Waals surface area (Å²) in [5.41, 5.74) is 2.77. The van der Waals surface area contributed by atoms with Crippen molar-refractivity contribution in [2.75, 3.05) is 38.2 Å². The van der Waals surface area contributed by atoms with E-state index in [1.54, 1.807) is 21.0 Å². The Morgan fingerprint density at radius 1 is 1.09 bits per heavy atom. The molecule has 0 N–H and O–H groups in total. The minimum absolute atomic E-state index is 0.00291. The van der Waals surface area contributed by atoms with Gasteiger partial charge in [0.05, 0.1) is 12.8 Å². The lowest BCUT2D eigenvalue weighted by Crippen LogP contribution is -2.49. The first-order chi connectivity index (χ1) is 15.7. The van der Waals surface area contributed by atoms with Gasteiger partial charge >= 0.3 is 6.18 Å². The van der Waals surface area contributed by atoms with E-state index in [0.717, 1.165) is 16.0 Å². The highest BCUT2D eigenvalue weighted by molar-refractivity contribution is 5.77. The number of aryl methyl sites for hydroxylation is 2. The smallest absolute Gasteiger partial charge is 0.453 e. The Morgan fingerprint density at radius 2 is 1.79 bits per heavy atom. The number of ether oxygens (including phenoxy) is 1. The van der Waals surface area contributed by atoms with Gasteiger partial charge in [-0.3, -0.25) is 4.79 Å². The van der Waals surface area contributed by atoms with E-state index in [-0.39, 0.29) is 18.1 Å². The Labute approximate surface area is 189 Å². The summed E-state index contributed by atoms with van der Waals surface area (Å²) in [4.78, 5) is 24.5. The van der Waals surface area contributed by atoms with Crippen molar-refractivity contribution in [2.24, 2.45) is 0 Å². The number of benzene rings is 1. The van der Waals surface area contributed by atoms with E-state index < -0.39 is 12.0 Å². The number of fused-ring (bicyclic) bond motifs is 1. The molecule has 3 aromatic rings. The number of carbonyl (C=O) groups excluding carboxylic acids is 1. The van der Waals surface area contributed by atoms with Crippen LogP contribution < -0.4 is 9.64 Å². The zero-order valence-corrected chi connectivity index (χ0v) is 18.7. The number of methoxy groups -OCH3 is 1. The molecule has 0 unspecified atom stereocenters. The van der Waals surface area contributed by atoms with Gasteiger partial charge in [-0.25, -0.2) is 9.50 Å². The quantitative estimate of drug-likeness (QED) is 0.580. The highest BCUT2D eigenvalue weighted by atomic mass is 19.4. The first-order valence-corrected chi connectivity index (χ1v) is 10.6. The second kappa shape index (κ2) is 8.87. The maximum atomic E-state index is 13.0. The van der Waals surface area contributed by atoms with Crippen LogP contribution in [0.25, 0.3) is 5.78 Å². The molecule has 0 aliphatic carbocycles. The fourth-order valence-electron chi connectivity index (χ4n) is 4.17. The number of halogens is 3. The number of piperazine rings is 1. The highest BCUT2D eigenvalue weighted by Crippen LogP contribution is 2.29. The van der Waals surface area contributed by atoms with Crippen LogP contribution in [0, 0.1) is 13.8 Å². The number of hydrogen-bond acceptors (Lipinski definition) is 6. The van der Waals surface area contributed by atoms with Gasteiger partial charge in [-0.2, -0.15) is 18.2 Å². The summed E-state index contributed by atoms with van der Waals surface area (Å²) in [6.45, 7) is 5.94. The van der Waals surface area contributed by atoms with E-state index in [4.69, 9.17) is 4.74 Å². The van der Waals surface area contributed by atoms with Crippen LogP contribution in [0.4, 0.5) is 18.9 Å². The molecule has 0 spiro atoms. The molecule has 11 heteroatoms. The number of carbonyl (C=O) groups is 1. The van der Waals surface area contributed by atoms with Crippen molar-refractivity contribution in [1.29, 1.82) is 0 Å². The molecule has 2 aromatic heterocycles. The Balaban J connectivity index is 1.41. The maximum Gasteiger partial charge on any atom is 0.453 e. The third kappa shape index (κ3) is 4.57. The zero-order valence-electron chi connectivity index (χ0n) is 18.7. The number of nitrogens with zero attached hydrogens (tertiary/aromatic N) is 6. The first-order valence-electron chi connectivity index (χ1n) is 10.6. The minimum atomic E-state index is -4.64. The molecule has 0 bridgehead atoms. The SMILES string of the molecule is COc1ccccc1N1CCN(C(=O)CCc2c(C)nc3nc(C(F)(F)F)nn3c2C)CC1. The molecule has 33 heavy (non-hydrogen) atoms. The molecule has 1 aliphatic rings. The van der Waals surface area contributed by atoms with E-state index in [1.807, 2.05) is 29.2 Å². The van der Waals surface area contributed by atoms with E-state index in [9.17, 15) is 18.0 Å². The van der Waals surface area contributed by atoms with Crippen LogP contribution in [-0.2, 0) is 17.4 Å². The zero-order chi connectivity index (χ0) is 23.8. The fourth-order valence-corrected chi connectivity index (χ4v) is 4.17. The monoisotopic (exact) mass is 462 g/mol. The number of anilines is 1. The average Bonchev–Trinajstić information content (AvgIpc) is 3.23. The number of hydrogen-bond donors (Lipinski definition) is 0. The molecule has 1 saturated heterocycles. The van der Waals surface area contributed by atoms with Crippen molar-refractivity contribution >= 4 is 17.4 Å². The van der Waals surface area contributed by atoms with Crippen molar-refractivity contribution < 1.29 is 22.7 Å². The lowest BCUT2D eigenvalue weighted by atomic mass is 10.1. The van der Waals surface area contributed by atoms with Crippen molar-refractivity contribution in [3.63, 3.8) is 0 Å². The Morgan fingerprint density at radius 3 is 2.45 bits per heavy atom. The molecule has 3 heterocycles. The molecule has 1 aliphatic heterocycles. The summed E-state index contributed by atoms with van der Waals surface area (Å²) >= 11 is 0. The van der Waals surface area contributed by atoms with E-state index in [2.05, 4.69) is 20.0 Å². The van der Waals surface area contributed by atoms with Gasteiger partial charge in [0.1, 0.15) is 5.75 Å². The molecule has 176 valence electrons. The molecular weight excluding hydrogens is 437 g/mol. The number of aromatic nitrogens is 4. The Kier molecular flexibility index (Phi) is 6.13. The van der Waals surface area contributed by atoms with Crippen molar-refractivity contribution in [2.45, 2.75) is 32.9 Å². The molecule has 1 amide bonds. The summed E-state index contributed by atoms with van der Waals surface area (Å²) in [6.07, 6.45) is -4.03. The molecule has 8 nitrogen and oxygen atoms in total. The van der Waals surface area contributed by atoms with Gasteiger partial charge in [-0.05, 0) is 38.0 Å². The summed E-state index contributed by atoms with van der Waals surface area (Å²) in [5, 5.41) is 3.56. The van der Waals surface area contributed by atoms with E-state index in [0.29, 0.717) is 49.6 Å². The fraction of sp³-hybridized carbons (Fsp3) is 0.455. The summed E-state index contributed by atoms with van der Waals surface area (Å²) < 4.78 is 45.4. The second-order valence-corrected chi connectivity index (χ2v) is 7.95. The average molecular weight is 462 g/mol. The largest absolute Gasteiger partial charge is 0.495 e. The van der Waals surface area contributed by atoms with Crippen molar-refractivity contribution in [3.8, 4) is 5.75 Å². The van der Waals surface area contributed by atoms with E-state index in [1.165, 1.54) is 0 Å². The standard InChI is InChI=1S/C22H25F3N6O2/c1-14-16(15(2)31-21(26-14)27-20(28-31)22(23,24)25)8-9-19(32)30-12-10-29(11-13-30)17-6-4-5-7-18(17)33-3/h4-7H,8-13H2,1-3H3. The minimum Gasteiger partial charge on any atom is -0.495 e. The van der Waals surface area contributed by atoms with Gasteiger partial charge in [-0.1, -0.05) is 12.1 Å². The van der Waals surface area contributed by atoms with Crippen LogP contribution in [0.15, 0.2) is 24.3 Å². The normalized spacial score (nSPS) is 14.7. The molecule has 0 atom stereocenters. The predicted octanol–water partition coefficient (Wildman–Crippen LogP) is 3.05. The first kappa shape index (κ1) is 22.8. The third-order valence-electron chi connectivity index (χ3n) is 5.95. The van der Waals surface area contributed by atoms with Gasteiger partial charge < -0.3 is 14.5 Å². The number of amides is 1. The third-order valence-corrected chi connectivity index (χ3v) is 5.95.